The fourth-order valence-corrected chi connectivity index (χ4v) is 9.02. The molecule has 59 heavy (non-hydrogen) atoms. The zero-order valence-corrected chi connectivity index (χ0v) is 34.5. The normalized spacial score (nSPS) is 12.0. The van der Waals surface area contributed by atoms with Gasteiger partial charge in [0, 0.05) is 57.2 Å². The molecule has 0 amide bonds. The van der Waals surface area contributed by atoms with Crippen molar-refractivity contribution in [3.63, 3.8) is 0 Å². The van der Waals surface area contributed by atoms with Crippen molar-refractivity contribution < 1.29 is 0 Å². The lowest BCUT2D eigenvalue weighted by Crippen LogP contribution is -2.12. The Kier molecular flexibility index (Phi) is 8.94. The van der Waals surface area contributed by atoms with Crippen molar-refractivity contribution in [2.75, 3.05) is 4.90 Å². The van der Waals surface area contributed by atoms with E-state index in [0.29, 0.717) is 17.8 Å². The summed E-state index contributed by atoms with van der Waals surface area (Å²) in [5, 5.41) is 4.77. The second-order valence-corrected chi connectivity index (χ2v) is 16.6. The van der Waals surface area contributed by atoms with E-state index in [2.05, 4.69) is 212 Å². The molecule has 6 heteroatoms. The molecule has 0 unspecified atom stereocenters. The quantitative estimate of drug-likeness (QED) is 0.147. The zero-order valence-electron chi connectivity index (χ0n) is 34.5. The van der Waals surface area contributed by atoms with Crippen molar-refractivity contribution in [1.29, 1.82) is 0 Å². The van der Waals surface area contributed by atoms with E-state index >= 15 is 0 Å². The number of aromatic nitrogens is 5. The number of hydrogen-bond acceptors (Lipinski definition) is 3. The smallest absolute Gasteiger partial charge is 0.219 e. The van der Waals surface area contributed by atoms with Crippen molar-refractivity contribution in [3.8, 4) is 17.5 Å². The summed E-state index contributed by atoms with van der Waals surface area (Å²) in [5.74, 6) is 2.87. The summed E-state index contributed by atoms with van der Waals surface area (Å²) in [6.07, 6.45) is 6.01. The highest BCUT2D eigenvalue weighted by molar-refractivity contribution is 6.12. The van der Waals surface area contributed by atoms with Gasteiger partial charge >= 0.3 is 0 Å². The Hall–Kier alpha value is -6.92. The second kappa shape index (κ2) is 14.5. The Morgan fingerprint density at radius 2 is 1.00 bits per heavy atom. The molecule has 6 nitrogen and oxygen atoms in total. The van der Waals surface area contributed by atoms with Crippen LogP contribution in [0.5, 0.6) is 0 Å². The number of imidazole rings is 1. The lowest BCUT2D eigenvalue weighted by Gasteiger charge is -2.26. The molecule has 0 fully saturated rings. The fraction of sp³-hybridized carbons (Fsp3) is 0.170. The second-order valence-electron chi connectivity index (χ2n) is 16.6. The molecule has 0 aliphatic rings. The van der Waals surface area contributed by atoms with Gasteiger partial charge in [0.05, 0.1) is 27.8 Å². The SMILES string of the molecule is CC(C)c1ccnc(-n2c3ccccc3c3ccc(N(c4ccccc4)c4ccc5c6ccccc6n(-c6nccn6-c6c(C(C)C)cccc6C(C)C)c5c4)cc32)c1. The van der Waals surface area contributed by atoms with Crippen molar-refractivity contribution in [1.82, 2.24) is 23.7 Å². The molecule has 0 aliphatic heterocycles. The van der Waals surface area contributed by atoms with Gasteiger partial charge in [0.1, 0.15) is 5.82 Å². The number of benzene rings is 6. The Bertz CT molecular complexity index is 3130. The molecule has 0 saturated carbocycles. The highest BCUT2D eigenvalue weighted by atomic mass is 15.2. The Morgan fingerprint density at radius 3 is 1.61 bits per heavy atom. The molecule has 0 aliphatic carbocycles. The van der Waals surface area contributed by atoms with Crippen LogP contribution in [0.1, 0.15) is 76.0 Å². The number of fused-ring (bicyclic) bond motifs is 6. The van der Waals surface area contributed by atoms with Crippen LogP contribution in [-0.2, 0) is 0 Å². The predicted octanol–water partition coefficient (Wildman–Crippen LogP) is 14.3. The van der Waals surface area contributed by atoms with Gasteiger partial charge < -0.3 is 4.90 Å². The van der Waals surface area contributed by atoms with E-state index in [-0.39, 0.29) is 0 Å². The number of hydrogen-bond donors (Lipinski definition) is 0. The summed E-state index contributed by atoms with van der Waals surface area (Å²) in [4.78, 5) is 12.5. The lowest BCUT2D eigenvalue weighted by atomic mass is 9.92. The monoisotopic (exact) mass is 768 g/mol. The van der Waals surface area contributed by atoms with Crippen LogP contribution in [0.15, 0.2) is 164 Å². The molecule has 0 saturated heterocycles. The molecule has 4 aromatic heterocycles. The van der Waals surface area contributed by atoms with Gasteiger partial charge in [-0.25, -0.2) is 9.97 Å². The van der Waals surface area contributed by atoms with Crippen LogP contribution in [0.25, 0.3) is 61.1 Å². The number of rotatable bonds is 9. The standard InChI is InChI=1S/C53H48N6/c1-34(2)37-27-28-54-51(31-37)58-47-21-12-10-17-43(47)45-25-23-39(32-49(45)58)57(38-15-8-7-9-16-38)40-24-26-46-44-18-11-13-22-48(44)59(50(46)33-40)53-55-29-30-56(53)52-41(35(3)4)19-14-20-42(52)36(5)6/h7-36H,1-6H3. The molecule has 4 heterocycles. The van der Waals surface area contributed by atoms with E-state index in [9.17, 15) is 0 Å². The van der Waals surface area contributed by atoms with Crippen molar-refractivity contribution in [2.45, 2.75) is 59.3 Å². The molecule has 0 N–H and O–H groups in total. The first kappa shape index (κ1) is 36.4. The Morgan fingerprint density at radius 1 is 0.441 bits per heavy atom. The van der Waals surface area contributed by atoms with Crippen LogP contribution >= 0.6 is 0 Å². The van der Waals surface area contributed by atoms with E-state index in [1.54, 1.807) is 0 Å². The highest BCUT2D eigenvalue weighted by Crippen LogP contribution is 2.43. The fourth-order valence-electron chi connectivity index (χ4n) is 9.02. The van der Waals surface area contributed by atoms with Crippen LogP contribution in [0.2, 0.25) is 0 Å². The van der Waals surface area contributed by atoms with Crippen molar-refractivity contribution in [2.24, 2.45) is 0 Å². The van der Waals surface area contributed by atoms with Crippen LogP contribution in [0.3, 0.4) is 0 Å². The van der Waals surface area contributed by atoms with Gasteiger partial charge in [-0.3, -0.25) is 13.7 Å². The maximum absolute atomic E-state index is 5.14. The van der Waals surface area contributed by atoms with Gasteiger partial charge in [0.15, 0.2) is 0 Å². The summed E-state index contributed by atoms with van der Waals surface area (Å²) in [5.41, 5.74) is 12.8. The molecule has 10 aromatic rings. The van der Waals surface area contributed by atoms with Gasteiger partial charge in [-0.2, -0.15) is 0 Å². The Balaban J connectivity index is 1.22. The summed E-state index contributed by atoms with van der Waals surface area (Å²) < 4.78 is 6.99. The number of para-hydroxylation sites is 4. The summed E-state index contributed by atoms with van der Waals surface area (Å²) in [6, 6.07) is 52.9. The van der Waals surface area contributed by atoms with E-state index in [4.69, 9.17) is 9.97 Å². The van der Waals surface area contributed by atoms with Crippen LogP contribution in [-0.4, -0.2) is 23.7 Å². The third-order valence-corrected chi connectivity index (χ3v) is 11.9. The van der Waals surface area contributed by atoms with Crippen LogP contribution < -0.4 is 4.90 Å². The van der Waals surface area contributed by atoms with Crippen molar-refractivity contribution in [3.05, 3.63) is 181 Å². The first-order chi connectivity index (χ1) is 28.8. The summed E-state index contributed by atoms with van der Waals surface area (Å²) >= 11 is 0. The molecule has 290 valence electrons. The lowest BCUT2D eigenvalue weighted by molar-refractivity contribution is 0.796. The minimum absolute atomic E-state index is 0.342. The van der Waals surface area contributed by atoms with E-state index < -0.39 is 0 Å². The van der Waals surface area contributed by atoms with E-state index in [1.165, 1.54) is 43.9 Å². The Labute approximate surface area is 345 Å². The van der Waals surface area contributed by atoms with Gasteiger partial charge in [0.2, 0.25) is 5.95 Å². The molecule has 0 radical (unpaired) electrons. The number of anilines is 3. The third kappa shape index (κ3) is 6.01. The average molecular weight is 769 g/mol. The highest BCUT2D eigenvalue weighted by Gasteiger charge is 2.24. The maximum Gasteiger partial charge on any atom is 0.219 e. The van der Waals surface area contributed by atoms with Gasteiger partial charge in [-0.05, 0) is 95.1 Å². The minimum Gasteiger partial charge on any atom is -0.310 e. The van der Waals surface area contributed by atoms with Crippen LogP contribution in [0.4, 0.5) is 17.1 Å². The van der Waals surface area contributed by atoms with Crippen LogP contribution in [0, 0.1) is 0 Å². The average Bonchev–Trinajstić information content (AvgIpc) is 3.96. The number of nitrogens with zero attached hydrogens (tertiary/aromatic N) is 6. The summed E-state index contributed by atoms with van der Waals surface area (Å²) in [7, 11) is 0. The number of pyridine rings is 1. The molecular weight excluding hydrogens is 721 g/mol. The third-order valence-electron chi connectivity index (χ3n) is 11.9. The zero-order chi connectivity index (χ0) is 40.4. The molecule has 0 bridgehead atoms. The predicted molar refractivity (Wildman–Crippen MR) is 247 cm³/mol. The first-order valence-corrected chi connectivity index (χ1v) is 20.8. The van der Waals surface area contributed by atoms with E-state index in [0.717, 1.165) is 50.9 Å². The maximum atomic E-state index is 5.14. The molecular formula is C53H48N6. The first-order valence-electron chi connectivity index (χ1n) is 20.8. The van der Waals surface area contributed by atoms with Crippen molar-refractivity contribution >= 4 is 60.7 Å². The molecule has 10 rings (SSSR count). The largest absolute Gasteiger partial charge is 0.310 e. The van der Waals surface area contributed by atoms with Gasteiger partial charge in [-0.15, -0.1) is 0 Å². The minimum atomic E-state index is 0.342. The van der Waals surface area contributed by atoms with E-state index in [1.807, 2.05) is 12.4 Å². The molecule has 0 atom stereocenters. The van der Waals surface area contributed by atoms with Gasteiger partial charge in [-0.1, -0.05) is 126 Å². The summed E-state index contributed by atoms with van der Waals surface area (Å²) in [6.45, 7) is 13.6. The topological polar surface area (TPSA) is 43.8 Å². The molecule has 0 spiro atoms. The molecule has 6 aromatic carbocycles. The van der Waals surface area contributed by atoms with Gasteiger partial charge in [0.25, 0.3) is 0 Å².